The van der Waals surface area contributed by atoms with Gasteiger partial charge in [0, 0.05) is 0 Å². The first kappa shape index (κ1) is 15.4. The summed E-state index contributed by atoms with van der Waals surface area (Å²) in [5, 5.41) is 9.75. The van der Waals surface area contributed by atoms with Crippen molar-refractivity contribution in [1.29, 1.82) is 0 Å². The zero-order valence-electron chi connectivity index (χ0n) is 9.40. The van der Waals surface area contributed by atoms with Crippen molar-refractivity contribution in [3.8, 4) is 0 Å². The SMILES string of the molecule is CCCC[C@@H](O)[C@@H](N)c1ccc(F)cc1.Cl. The van der Waals surface area contributed by atoms with E-state index in [2.05, 4.69) is 6.92 Å². The highest BCUT2D eigenvalue weighted by Gasteiger charge is 2.15. The van der Waals surface area contributed by atoms with E-state index in [0.29, 0.717) is 6.42 Å². The Bertz CT molecular complexity index is 292. The van der Waals surface area contributed by atoms with Gasteiger partial charge < -0.3 is 10.8 Å². The van der Waals surface area contributed by atoms with E-state index in [1.54, 1.807) is 12.1 Å². The quantitative estimate of drug-likeness (QED) is 0.841. The third-order valence-corrected chi connectivity index (χ3v) is 2.52. The molecule has 0 saturated heterocycles. The van der Waals surface area contributed by atoms with Crippen LogP contribution in [0.2, 0.25) is 0 Å². The number of benzene rings is 1. The van der Waals surface area contributed by atoms with E-state index in [0.717, 1.165) is 18.4 Å². The van der Waals surface area contributed by atoms with Crippen molar-refractivity contribution in [3.63, 3.8) is 0 Å². The van der Waals surface area contributed by atoms with Gasteiger partial charge in [0.2, 0.25) is 0 Å². The molecule has 0 spiro atoms. The molecule has 0 bridgehead atoms. The summed E-state index contributed by atoms with van der Waals surface area (Å²) in [6.07, 6.45) is 2.13. The van der Waals surface area contributed by atoms with Gasteiger partial charge in [0.25, 0.3) is 0 Å². The van der Waals surface area contributed by atoms with Crippen molar-refractivity contribution in [2.45, 2.75) is 38.3 Å². The Morgan fingerprint density at radius 1 is 1.31 bits per heavy atom. The first-order valence-electron chi connectivity index (χ1n) is 5.34. The summed E-state index contributed by atoms with van der Waals surface area (Å²) >= 11 is 0. The van der Waals surface area contributed by atoms with Crippen LogP contribution in [0.4, 0.5) is 4.39 Å². The molecule has 92 valence electrons. The molecule has 3 N–H and O–H groups in total. The van der Waals surface area contributed by atoms with Gasteiger partial charge in [0.05, 0.1) is 12.1 Å². The second kappa shape index (κ2) is 7.60. The number of hydrogen-bond acceptors (Lipinski definition) is 2. The summed E-state index contributed by atoms with van der Waals surface area (Å²) in [6.45, 7) is 2.07. The number of aliphatic hydroxyl groups excluding tert-OH is 1. The van der Waals surface area contributed by atoms with Crippen LogP contribution >= 0.6 is 12.4 Å². The molecule has 0 aliphatic heterocycles. The molecule has 0 heterocycles. The number of nitrogens with two attached hydrogens (primary N) is 1. The Kier molecular flexibility index (Phi) is 7.30. The number of hydrogen-bond donors (Lipinski definition) is 2. The largest absolute Gasteiger partial charge is 0.391 e. The van der Waals surface area contributed by atoms with E-state index in [4.69, 9.17) is 5.73 Å². The van der Waals surface area contributed by atoms with Crippen LogP contribution in [0, 0.1) is 5.82 Å². The second-order valence-corrected chi connectivity index (χ2v) is 3.79. The molecule has 4 heteroatoms. The maximum absolute atomic E-state index is 12.7. The van der Waals surface area contributed by atoms with E-state index in [-0.39, 0.29) is 18.2 Å². The molecule has 2 nitrogen and oxygen atoms in total. The normalized spacial score (nSPS) is 14.0. The number of aliphatic hydroxyl groups is 1. The highest BCUT2D eigenvalue weighted by atomic mass is 35.5. The lowest BCUT2D eigenvalue weighted by atomic mass is 9.98. The van der Waals surface area contributed by atoms with Gasteiger partial charge in [-0.1, -0.05) is 31.9 Å². The predicted molar refractivity (Wildman–Crippen MR) is 66.1 cm³/mol. The molecule has 0 unspecified atom stereocenters. The summed E-state index contributed by atoms with van der Waals surface area (Å²) in [5.74, 6) is -0.283. The predicted octanol–water partition coefficient (Wildman–Crippen LogP) is 2.80. The lowest BCUT2D eigenvalue weighted by Gasteiger charge is -2.18. The molecule has 0 aliphatic rings. The fraction of sp³-hybridized carbons (Fsp3) is 0.500. The van der Waals surface area contributed by atoms with Crippen molar-refractivity contribution in [2.75, 3.05) is 0 Å². The highest BCUT2D eigenvalue weighted by Crippen LogP contribution is 2.18. The molecule has 1 rings (SSSR count). The molecule has 0 amide bonds. The van der Waals surface area contributed by atoms with Crippen LogP contribution in [0.15, 0.2) is 24.3 Å². The highest BCUT2D eigenvalue weighted by molar-refractivity contribution is 5.85. The molecule has 1 aromatic rings. The van der Waals surface area contributed by atoms with Crippen LogP contribution in [-0.2, 0) is 0 Å². The van der Waals surface area contributed by atoms with Gasteiger partial charge in [0.15, 0.2) is 0 Å². The topological polar surface area (TPSA) is 46.2 Å². The van der Waals surface area contributed by atoms with Gasteiger partial charge in [-0.15, -0.1) is 12.4 Å². The third-order valence-electron chi connectivity index (χ3n) is 2.52. The Labute approximate surface area is 102 Å². The van der Waals surface area contributed by atoms with Crippen molar-refractivity contribution in [1.82, 2.24) is 0 Å². The van der Waals surface area contributed by atoms with Crippen LogP contribution in [0.1, 0.15) is 37.8 Å². The number of unbranched alkanes of at least 4 members (excludes halogenated alkanes) is 1. The maximum Gasteiger partial charge on any atom is 0.123 e. The minimum Gasteiger partial charge on any atom is -0.391 e. The molecule has 2 atom stereocenters. The summed E-state index contributed by atoms with van der Waals surface area (Å²) in [4.78, 5) is 0. The summed E-state index contributed by atoms with van der Waals surface area (Å²) in [6, 6.07) is 5.55. The molecular weight excluding hydrogens is 229 g/mol. The molecule has 0 aromatic heterocycles. The molecule has 0 saturated carbocycles. The monoisotopic (exact) mass is 247 g/mol. The third kappa shape index (κ3) is 4.47. The standard InChI is InChI=1S/C12H18FNO.ClH/c1-2-3-4-11(15)12(14)9-5-7-10(13)8-6-9;/h5-8,11-12,15H,2-4,14H2,1H3;1H/t11-,12+;/m1./s1. The van der Waals surface area contributed by atoms with Crippen molar-refractivity contribution < 1.29 is 9.50 Å². The van der Waals surface area contributed by atoms with Crippen molar-refractivity contribution >= 4 is 12.4 Å². The fourth-order valence-corrected chi connectivity index (χ4v) is 1.50. The van der Waals surface area contributed by atoms with Gasteiger partial charge in [0.1, 0.15) is 5.82 Å². The van der Waals surface area contributed by atoms with E-state index in [1.807, 2.05) is 0 Å². The van der Waals surface area contributed by atoms with Crippen molar-refractivity contribution in [3.05, 3.63) is 35.6 Å². The smallest absolute Gasteiger partial charge is 0.123 e. The lowest BCUT2D eigenvalue weighted by Crippen LogP contribution is -2.26. The minimum absolute atomic E-state index is 0. The minimum atomic E-state index is -0.546. The first-order chi connectivity index (χ1) is 7.15. The lowest BCUT2D eigenvalue weighted by molar-refractivity contribution is 0.132. The maximum atomic E-state index is 12.7. The van der Waals surface area contributed by atoms with Gasteiger partial charge in [-0.25, -0.2) is 4.39 Å². The zero-order chi connectivity index (χ0) is 11.3. The van der Waals surface area contributed by atoms with Gasteiger partial charge >= 0.3 is 0 Å². The van der Waals surface area contributed by atoms with Gasteiger partial charge in [-0.3, -0.25) is 0 Å². The zero-order valence-corrected chi connectivity index (χ0v) is 10.2. The van der Waals surface area contributed by atoms with Crippen LogP contribution in [-0.4, -0.2) is 11.2 Å². The Morgan fingerprint density at radius 3 is 2.38 bits per heavy atom. The van der Waals surface area contributed by atoms with Crippen LogP contribution in [0.25, 0.3) is 0 Å². The molecule has 0 fully saturated rings. The molecule has 0 aliphatic carbocycles. The first-order valence-corrected chi connectivity index (χ1v) is 5.34. The number of halogens is 2. The van der Waals surface area contributed by atoms with Gasteiger partial charge in [-0.2, -0.15) is 0 Å². The van der Waals surface area contributed by atoms with E-state index in [9.17, 15) is 9.50 Å². The Morgan fingerprint density at radius 2 is 1.88 bits per heavy atom. The number of rotatable bonds is 5. The fourth-order valence-electron chi connectivity index (χ4n) is 1.50. The van der Waals surface area contributed by atoms with Crippen molar-refractivity contribution in [2.24, 2.45) is 5.73 Å². The molecule has 0 radical (unpaired) electrons. The average Bonchev–Trinajstić information content (AvgIpc) is 2.26. The van der Waals surface area contributed by atoms with Gasteiger partial charge in [-0.05, 0) is 24.1 Å². The van der Waals surface area contributed by atoms with E-state index in [1.165, 1.54) is 12.1 Å². The average molecular weight is 248 g/mol. The Hall–Kier alpha value is -0.640. The summed E-state index contributed by atoms with van der Waals surface area (Å²) in [5.41, 5.74) is 6.63. The van der Waals surface area contributed by atoms with E-state index >= 15 is 0 Å². The summed E-state index contributed by atoms with van der Waals surface area (Å²) < 4.78 is 12.7. The van der Waals surface area contributed by atoms with Crippen LogP contribution in [0.3, 0.4) is 0 Å². The molecule has 16 heavy (non-hydrogen) atoms. The molecular formula is C12H19ClFNO. The van der Waals surface area contributed by atoms with Crippen LogP contribution < -0.4 is 5.73 Å². The van der Waals surface area contributed by atoms with Crippen LogP contribution in [0.5, 0.6) is 0 Å². The summed E-state index contributed by atoms with van der Waals surface area (Å²) in [7, 11) is 0. The Balaban J connectivity index is 0.00000225. The molecule has 1 aromatic carbocycles. The van der Waals surface area contributed by atoms with E-state index < -0.39 is 12.1 Å². The second-order valence-electron chi connectivity index (χ2n) is 3.79.